The summed E-state index contributed by atoms with van der Waals surface area (Å²) in [6.45, 7) is 1.23. The average Bonchev–Trinajstić information content (AvgIpc) is 2.37. The molecule has 1 heterocycles. The SMILES string of the molecule is CC(=O)N(CCN)C(=O)C(=O)Nc1cccnc1Cl. The van der Waals surface area contributed by atoms with Gasteiger partial charge >= 0.3 is 11.8 Å². The lowest BCUT2D eigenvalue weighted by Crippen LogP contribution is -2.44. The Kier molecular flexibility index (Phi) is 5.40. The van der Waals surface area contributed by atoms with Gasteiger partial charge in [0.25, 0.3) is 0 Å². The molecule has 19 heavy (non-hydrogen) atoms. The second kappa shape index (κ2) is 6.81. The summed E-state index contributed by atoms with van der Waals surface area (Å²) in [4.78, 5) is 39.2. The van der Waals surface area contributed by atoms with E-state index in [-0.39, 0.29) is 23.9 Å². The highest BCUT2D eigenvalue weighted by Gasteiger charge is 2.25. The zero-order valence-electron chi connectivity index (χ0n) is 10.2. The van der Waals surface area contributed by atoms with E-state index in [4.69, 9.17) is 17.3 Å². The van der Waals surface area contributed by atoms with Crippen LogP contribution in [0.2, 0.25) is 5.15 Å². The van der Waals surface area contributed by atoms with Crippen molar-refractivity contribution >= 4 is 35.0 Å². The lowest BCUT2D eigenvalue weighted by molar-refractivity contribution is -0.149. The van der Waals surface area contributed by atoms with Crippen molar-refractivity contribution in [1.29, 1.82) is 0 Å². The lowest BCUT2D eigenvalue weighted by Gasteiger charge is -2.17. The Balaban J connectivity index is 2.80. The molecule has 1 rings (SSSR count). The number of amides is 3. The van der Waals surface area contributed by atoms with Gasteiger partial charge in [-0.2, -0.15) is 0 Å². The Morgan fingerprint density at radius 3 is 2.68 bits per heavy atom. The first-order valence-corrected chi connectivity index (χ1v) is 5.79. The number of anilines is 1. The Morgan fingerprint density at radius 2 is 2.16 bits per heavy atom. The number of nitrogens with two attached hydrogens (primary N) is 1. The van der Waals surface area contributed by atoms with Crippen LogP contribution in [0.4, 0.5) is 5.69 Å². The van der Waals surface area contributed by atoms with Gasteiger partial charge in [-0.3, -0.25) is 19.3 Å². The summed E-state index contributed by atoms with van der Waals surface area (Å²) in [7, 11) is 0. The lowest BCUT2D eigenvalue weighted by atomic mass is 10.3. The standard InChI is InChI=1S/C11H13ClN4O3/c1-7(17)16(6-4-13)11(19)10(18)15-8-3-2-5-14-9(8)12/h2-3,5H,4,6,13H2,1H3,(H,15,18). The normalized spacial score (nSPS) is 9.84. The number of nitrogens with one attached hydrogen (secondary N) is 1. The molecular formula is C11H13ClN4O3. The minimum Gasteiger partial charge on any atom is -0.329 e. The number of hydrogen-bond donors (Lipinski definition) is 2. The summed E-state index contributed by atoms with van der Waals surface area (Å²) in [6, 6.07) is 3.04. The molecule has 8 heteroatoms. The fraction of sp³-hybridized carbons (Fsp3) is 0.273. The first-order valence-electron chi connectivity index (χ1n) is 5.41. The van der Waals surface area contributed by atoms with Crippen molar-refractivity contribution in [2.75, 3.05) is 18.4 Å². The van der Waals surface area contributed by atoms with Crippen LogP contribution in [-0.2, 0) is 14.4 Å². The zero-order chi connectivity index (χ0) is 14.4. The largest absolute Gasteiger partial charge is 0.329 e. The van der Waals surface area contributed by atoms with Gasteiger partial charge in [0.2, 0.25) is 5.91 Å². The number of halogens is 1. The highest BCUT2D eigenvalue weighted by Crippen LogP contribution is 2.17. The second-order valence-electron chi connectivity index (χ2n) is 3.56. The minimum absolute atomic E-state index is 0.0254. The highest BCUT2D eigenvalue weighted by atomic mass is 35.5. The average molecular weight is 285 g/mol. The zero-order valence-corrected chi connectivity index (χ0v) is 11.0. The van der Waals surface area contributed by atoms with E-state index in [0.29, 0.717) is 0 Å². The number of aromatic nitrogens is 1. The van der Waals surface area contributed by atoms with Crippen LogP contribution in [0.1, 0.15) is 6.92 Å². The minimum atomic E-state index is -0.988. The van der Waals surface area contributed by atoms with Crippen LogP contribution in [-0.4, -0.2) is 40.7 Å². The van der Waals surface area contributed by atoms with Gasteiger partial charge in [-0.15, -0.1) is 0 Å². The summed E-state index contributed by atoms with van der Waals surface area (Å²) in [5.41, 5.74) is 5.47. The van der Waals surface area contributed by atoms with Gasteiger partial charge < -0.3 is 11.1 Å². The summed E-state index contributed by atoms with van der Waals surface area (Å²) in [6.07, 6.45) is 1.44. The molecule has 0 aliphatic heterocycles. The van der Waals surface area contributed by atoms with Crippen LogP contribution in [0, 0.1) is 0 Å². The number of carbonyl (C=O) groups excluding carboxylic acids is 3. The van der Waals surface area contributed by atoms with Gasteiger partial charge in [0, 0.05) is 26.2 Å². The fourth-order valence-corrected chi connectivity index (χ4v) is 1.48. The molecule has 0 aliphatic rings. The molecule has 0 saturated heterocycles. The number of carbonyl (C=O) groups is 3. The first-order chi connectivity index (χ1) is 8.97. The molecule has 102 valence electrons. The molecule has 0 saturated carbocycles. The van der Waals surface area contributed by atoms with E-state index in [1.165, 1.54) is 19.2 Å². The molecule has 0 aliphatic carbocycles. The van der Waals surface area contributed by atoms with E-state index >= 15 is 0 Å². The topological polar surface area (TPSA) is 105 Å². The van der Waals surface area contributed by atoms with Gasteiger partial charge in [0.05, 0.1) is 5.69 Å². The van der Waals surface area contributed by atoms with Crippen LogP contribution >= 0.6 is 11.6 Å². The molecule has 7 nitrogen and oxygen atoms in total. The Hall–Kier alpha value is -1.99. The summed E-state index contributed by atoms with van der Waals surface area (Å²) < 4.78 is 0. The Bertz CT molecular complexity index is 506. The third-order valence-corrected chi connectivity index (χ3v) is 2.48. The predicted molar refractivity (Wildman–Crippen MR) is 69.3 cm³/mol. The van der Waals surface area contributed by atoms with E-state index in [0.717, 1.165) is 4.90 Å². The number of rotatable bonds is 3. The molecule has 3 N–H and O–H groups in total. The van der Waals surface area contributed by atoms with Crippen molar-refractivity contribution in [3.8, 4) is 0 Å². The smallest absolute Gasteiger partial charge is 0.318 e. The number of imide groups is 1. The Morgan fingerprint density at radius 1 is 1.47 bits per heavy atom. The van der Waals surface area contributed by atoms with Crippen molar-refractivity contribution in [2.24, 2.45) is 5.73 Å². The summed E-state index contributed by atoms with van der Waals surface area (Å²) in [5, 5.41) is 2.34. The molecule has 0 aromatic carbocycles. The van der Waals surface area contributed by atoms with Crippen molar-refractivity contribution in [3.63, 3.8) is 0 Å². The van der Waals surface area contributed by atoms with E-state index < -0.39 is 17.7 Å². The number of hydrogen-bond acceptors (Lipinski definition) is 5. The van der Waals surface area contributed by atoms with Crippen LogP contribution in [0.15, 0.2) is 18.3 Å². The molecule has 0 atom stereocenters. The molecule has 0 unspecified atom stereocenters. The van der Waals surface area contributed by atoms with Gasteiger partial charge in [-0.05, 0) is 12.1 Å². The first kappa shape index (κ1) is 15.1. The molecule has 3 amide bonds. The molecule has 0 radical (unpaired) electrons. The fourth-order valence-electron chi connectivity index (χ4n) is 1.31. The summed E-state index contributed by atoms with van der Waals surface area (Å²) >= 11 is 5.74. The molecule has 1 aromatic heterocycles. The van der Waals surface area contributed by atoms with Gasteiger partial charge in [0.15, 0.2) is 5.15 Å². The van der Waals surface area contributed by atoms with E-state index in [1.54, 1.807) is 6.07 Å². The molecule has 0 fully saturated rings. The third-order valence-electron chi connectivity index (χ3n) is 2.18. The predicted octanol–water partition coefficient (Wildman–Crippen LogP) is 0.00730. The monoisotopic (exact) mass is 284 g/mol. The van der Waals surface area contributed by atoms with Crippen LogP contribution in [0.3, 0.4) is 0 Å². The van der Waals surface area contributed by atoms with Crippen molar-refractivity contribution < 1.29 is 14.4 Å². The van der Waals surface area contributed by atoms with Crippen molar-refractivity contribution in [3.05, 3.63) is 23.5 Å². The summed E-state index contributed by atoms with van der Waals surface area (Å²) in [5.74, 6) is -2.51. The molecular weight excluding hydrogens is 272 g/mol. The number of pyridine rings is 1. The molecule has 0 spiro atoms. The van der Waals surface area contributed by atoms with Crippen LogP contribution in [0.5, 0.6) is 0 Å². The van der Waals surface area contributed by atoms with E-state index in [9.17, 15) is 14.4 Å². The molecule has 1 aromatic rings. The maximum Gasteiger partial charge on any atom is 0.318 e. The Labute approximate surface area is 114 Å². The van der Waals surface area contributed by atoms with E-state index in [2.05, 4.69) is 10.3 Å². The van der Waals surface area contributed by atoms with E-state index in [1.807, 2.05) is 0 Å². The molecule has 0 bridgehead atoms. The third kappa shape index (κ3) is 4.01. The van der Waals surface area contributed by atoms with Crippen molar-refractivity contribution in [2.45, 2.75) is 6.92 Å². The van der Waals surface area contributed by atoms with Gasteiger partial charge in [-0.25, -0.2) is 4.98 Å². The highest BCUT2D eigenvalue weighted by molar-refractivity contribution is 6.42. The van der Waals surface area contributed by atoms with Gasteiger partial charge in [-0.1, -0.05) is 11.6 Å². The maximum atomic E-state index is 11.8. The second-order valence-corrected chi connectivity index (χ2v) is 3.92. The number of nitrogens with zero attached hydrogens (tertiary/aromatic N) is 2. The maximum absolute atomic E-state index is 11.8. The van der Waals surface area contributed by atoms with Crippen LogP contribution in [0.25, 0.3) is 0 Å². The quantitative estimate of drug-likeness (QED) is 0.601. The van der Waals surface area contributed by atoms with Crippen LogP contribution < -0.4 is 11.1 Å². The van der Waals surface area contributed by atoms with Crippen molar-refractivity contribution in [1.82, 2.24) is 9.88 Å². The van der Waals surface area contributed by atoms with Gasteiger partial charge in [0.1, 0.15) is 0 Å².